The predicted octanol–water partition coefficient (Wildman–Crippen LogP) is 3.50. The minimum atomic E-state index is -0.937. The van der Waals surface area contributed by atoms with Gasteiger partial charge in [0.2, 0.25) is 5.91 Å². The van der Waals surface area contributed by atoms with Crippen LogP contribution in [0, 0.1) is 0 Å². The smallest absolute Gasteiger partial charge is 0.223 e. The fourth-order valence-corrected chi connectivity index (χ4v) is 4.67. The van der Waals surface area contributed by atoms with Gasteiger partial charge in [-0.1, -0.05) is 35.9 Å². The number of piperidine rings is 1. The second-order valence-corrected chi connectivity index (χ2v) is 9.01. The van der Waals surface area contributed by atoms with Crippen molar-refractivity contribution in [1.82, 2.24) is 10.2 Å². The Morgan fingerprint density at radius 1 is 0.968 bits per heavy atom. The number of amides is 1. The standard InChI is InChI=1S/C25H29ClN2O3/c26-22-5-3-21(4-6-22)25(31)11-15-28(16-12-25)24(30)8-7-23(29)20-2-1-18-9-13-27-14-10-19(18)17-20/h1-6,17,27,31H,7-16H2. The molecule has 0 unspecified atom stereocenters. The van der Waals surface area contributed by atoms with Gasteiger partial charge in [0.1, 0.15) is 0 Å². The molecule has 0 aliphatic carbocycles. The second-order valence-electron chi connectivity index (χ2n) is 8.58. The third kappa shape index (κ3) is 5.17. The minimum absolute atomic E-state index is 0.0167. The van der Waals surface area contributed by atoms with E-state index in [9.17, 15) is 14.7 Å². The van der Waals surface area contributed by atoms with Crippen LogP contribution in [0.5, 0.6) is 0 Å². The Labute approximate surface area is 188 Å². The maximum atomic E-state index is 12.7. The lowest BCUT2D eigenvalue weighted by atomic mass is 9.84. The van der Waals surface area contributed by atoms with E-state index in [-0.39, 0.29) is 24.5 Å². The number of nitrogens with one attached hydrogen (secondary N) is 1. The van der Waals surface area contributed by atoms with Crippen molar-refractivity contribution in [1.29, 1.82) is 0 Å². The Bertz CT molecular complexity index is 950. The van der Waals surface area contributed by atoms with Gasteiger partial charge in [0.05, 0.1) is 5.60 Å². The molecule has 5 nitrogen and oxygen atoms in total. The normalized spacial score (nSPS) is 18.2. The molecule has 2 aromatic carbocycles. The van der Waals surface area contributed by atoms with E-state index in [4.69, 9.17) is 11.6 Å². The SMILES string of the molecule is O=C(CCC(=O)N1CCC(O)(c2ccc(Cl)cc2)CC1)c1ccc2c(c1)CCNCC2. The molecule has 1 fully saturated rings. The van der Waals surface area contributed by atoms with Crippen molar-refractivity contribution in [3.05, 3.63) is 69.7 Å². The van der Waals surface area contributed by atoms with Crippen LogP contribution in [-0.4, -0.2) is 47.9 Å². The molecule has 2 aliphatic rings. The van der Waals surface area contributed by atoms with Crippen LogP contribution in [0.25, 0.3) is 0 Å². The van der Waals surface area contributed by atoms with Crippen molar-refractivity contribution in [2.75, 3.05) is 26.2 Å². The summed E-state index contributed by atoms with van der Waals surface area (Å²) in [6, 6.07) is 13.2. The van der Waals surface area contributed by atoms with Crippen LogP contribution in [0.15, 0.2) is 42.5 Å². The monoisotopic (exact) mass is 440 g/mol. The lowest BCUT2D eigenvalue weighted by Gasteiger charge is -2.38. The first-order valence-corrected chi connectivity index (χ1v) is 11.4. The molecule has 2 aromatic rings. The third-order valence-electron chi connectivity index (χ3n) is 6.56. The Morgan fingerprint density at radius 2 is 1.65 bits per heavy atom. The molecule has 0 spiro atoms. The number of ketones is 1. The minimum Gasteiger partial charge on any atom is -0.385 e. The molecule has 1 saturated heterocycles. The van der Waals surface area contributed by atoms with Crippen molar-refractivity contribution in [2.45, 2.75) is 44.1 Å². The first-order chi connectivity index (χ1) is 14.9. The van der Waals surface area contributed by atoms with Crippen LogP contribution >= 0.6 is 11.6 Å². The van der Waals surface area contributed by atoms with Crippen molar-refractivity contribution in [3.8, 4) is 0 Å². The number of nitrogens with zero attached hydrogens (tertiary/aromatic N) is 1. The van der Waals surface area contributed by atoms with Crippen LogP contribution in [0.1, 0.15) is 52.7 Å². The molecule has 0 aromatic heterocycles. The summed E-state index contributed by atoms with van der Waals surface area (Å²) < 4.78 is 0. The van der Waals surface area contributed by atoms with Gasteiger partial charge in [0.15, 0.2) is 5.78 Å². The average molecular weight is 441 g/mol. The molecule has 6 heteroatoms. The van der Waals surface area contributed by atoms with Crippen molar-refractivity contribution < 1.29 is 14.7 Å². The Morgan fingerprint density at radius 3 is 2.35 bits per heavy atom. The molecule has 0 bridgehead atoms. The van der Waals surface area contributed by atoms with Gasteiger partial charge in [0.25, 0.3) is 0 Å². The second kappa shape index (κ2) is 9.51. The van der Waals surface area contributed by atoms with Crippen molar-refractivity contribution in [2.24, 2.45) is 0 Å². The van der Waals surface area contributed by atoms with Gasteiger partial charge in [-0.15, -0.1) is 0 Å². The molecule has 2 aliphatic heterocycles. The summed E-state index contributed by atoms with van der Waals surface area (Å²) in [4.78, 5) is 27.1. The molecule has 4 rings (SSSR count). The zero-order chi connectivity index (χ0) is 21.8. The van der Waals surface area contributed by atoms with Crippen LogP contribution in [0.2, 0.25) is 5.02 Å². The summed E-state index contributed by atoms with van der Waals surface area (Å²) in [5.74, 6) is -0.00602. The van der Waals surface area contributed by atoms with Gasteiger partial charge in [0, 0.05) is 36.5 Å². The topological polar surface area (TPSA) is 69.6 Å². The van der Waals surface area contributed by atoms with E-state index in [1.54, 1.807) is 17.0 Å². The van der Waals surface area contributed by atoms with Crippen molar-refractivity contribution >= 4 is 23.3 Å². The van der Waals surface area contributed by atoms with Crippen LogP contribution in [0.4, 0.5) is 0 Å². The average Bonchev–Trinajstić information content (AvgIpc) is 3.03. The van der Waals surface area contributed by atoms with E-state index in [0.717, 1.165) is 31.5 Å². The zero-order valence-electron chi connectivity index (χ0n) is 17.7. The summed E-state index contributed by atoms with van der Waals surface area (Å²) in [5.41, 5.74) is 3.13. The molecule has 164 valence electrons. The Kier molecular flexibility index (Phi) is 6.75. The number of hydrogen-bond donors (Lipinski definition) is 2. The molecule has 0 radical (unpaired) electrons. The summed E-state index contributed by atoms with van der Waals surface area (Å²) >= 11 is 5.94. The number of halogens is 1. The number of aliphatic hydroxyl groups is 1. The van der Waals surface area contributed by atoms with E-state index in [2.05, 4.69) is 11.4 Å². The molecule has 1 amide bonds. The first kappa shape index (κ1) is 22.0. The number of rotatable bonds is 5. The van der Waals surface area contributed by atoms with Gasteiger partial charge < -0.3 is 15.3 Å². The van der Waals surface area contributed by atoms with Gasteiger partial charge in [-0.05, 0) is 73.7 Å². The van der Waals surface area contributed by atoms with Gasteiger partial charge in [-0.25, -0.2) is 0 Å². The summed E-state index contributed by atoms with van der Waals surface area (Å²) in [6.07, 6.45) is 3.30. The maximum Gasteiger partial charge on any atom is 0.223 e. The van der Waals surface area contributed by atoms with Gasteiger partial charge >= 0.3 is 0 Å². The molecular weight excluding hydrogens is 412 g/mol. The highest BCUT2D eigenvalue weighted by molar-refractivity contribution is 6.30. The molecule has 0 saturated carbocycles. The van der Waals surface area contributed by atoms with E-state index >= 15 is 0 Å². The summed E-state index contributed by atoms with van der Waals surface area (Å²) in [6.45, 7) is 2.87. The van der Waals surface area contributed by atoms with Crippen molar-refractivity contribution in [3.63, 3.8) is 0 Å². The largest absolute Gasteiger partial charge is 0.385 e. The summed E-state index contributed by atoms with van der Waals surface area (Å²) in [5, 5.41) is 15.0. The number of Topliss-reactive ketones (excluding diaryl/α,β-unsaturated/α-hetero) is 1. The Balaban J connectivity index is 1.30. The first-order valence-electron chi connectivity index (χ1n) is 11.1. The highest BCUT2D eigenvalue weighted by atomic mass is 35.5. The van der Waals surface area contributed by atoms with E-state index in [0.29, 0.717) is 36.5 Å². The number of hydrogen-bond acceptors (Lipinski definition) is 4. The molecule has 31 heavy (non-hydrogen) atoms. The number of carbonyl (C=O) groups is 2. The van der Waals surface area contributed by atoms with Crippen LogP contribution in [0.3, 0.4) is 0 Å². The van der Waals surface area contributed by atoms with Gasteiger partial charge in [-0.3, -0.25) is 9.59 Å². The highest BCUT2D eigenvalue weighted by Gasteiger charge is 2.35. The van der Waals surface area contributed by atoms with E-state index in [1.807, 2.05) is 24.3 Å². The molecule has 0 atom stereocenters. The number of fused-ring (bicyclic) bond motifs is 1. The maximum absolute atomic E-state index is 12.7. The quantitative estimate of drug-likeness (QED) is 0.698. The highest BCUT2D eigenvalue weighted by Crippen LogP contribution is 2.33. The number of likely N-dealkylation sites (tertiary alicyclic amines) is 1. The lowest BCUT2D eigenvalue weighted by Crippen LogP contribution is -2.45. The predicted molar refractivity (Wildman–Crippen MR) is 121 cm³/mol. The number of carbonyl (C=O) groups excluding carboxylic acids is 2. The van der Waals surface area contributed by atoms with E-state index < -0.39 is 5.60 Å². The van der Waals surface area contributed by atoms with Crippen LogP contribution < -0.4 is 5.32 Å². The number of benzene rings is 2. The van der Waals surface area contributed by atoms with E-state index in [1.165, 1.54) is 11.1 Å². The lowest BCUT2D eigenvalue weighted by molar-refractivity contribution is -0.135. The van der Waals surface area contributed by atoms with Crippen LogP contribution in [-0.2, 0) is 23.2 Å². The zero-order valence-corrected chi connectivity index (χ0v) is 18.5. The van der Waals surface area contributed by atoms with Gasteiger partial charge in [-0.2, -0.15) is 0 Å². The third-order valence-corrected chi connectivity index (χ3v) is 6.81. The fraction of sp³-hybridized carbons (Fsp3) is 0.440. The summed E-state index contributed by atoms with van der Waals surface area (Å²) in [7, 11) is 0. The fourth-order valence-electron chi connectivity index (χ4n) is 4.54. The Hall–Kier alpha value is -2.21. The molecular formula is C25H29ClN2O3. The molecule has 2 heterocycles. The molecule has 2 N–H and O–H groups in total.